The number of amidine groups is 1. The molecule has 0 heterocycles. The van der Waals surface area contributed by atoms with Gasteiger partial charge in [0.1, 0.15) is 5.82 Å². The van der Waals surface area contributed by atoms with E-state index in [0.717, 1.165) is 12.1 Å². The fourth-order valence-corrected chi connectivity index (χ4v) is 2.25. The van der Waals surface area contributed by atoms with Crippen LogP contribution >= 0.6 is 0 Å². The molecule has 0 atom stereocenters. The van der Waals surface area contributed by atoms with E-state index in [2.05, 4.69) is 20.8 Å². The molecule has 0 unspecified atom stereocenters. The molecule has 0 aliphatic rings. The van der Waals surface area contributed by atoms with E-state index in [1.165, 1.54) is 24.3 Å². The van der Waals surface area contributed by atoms with Gasteiger partial charge in [-0.05, 0) is 36.4 Å². The van der Waals surface area contributed by atoms with E-state index in [9.17, 15) is 24.5 Å². The first-order valence-corrected chi connectivity index (χ1v) is 8.30. The number of phenolic OH excluding ortho intramolecular Hbond substituents is 3. The van der Waals surface area contributed by atoms with Crippen molar-refractivity contribution in [3.63, 3.8) is 0 Å². The second kappa shape index (κ2) is 8.61. The molecule has 1 amide bonds. The standard InChI is InChI=1S/C20H15FN4O4/c21-14-6-8-15(9-7-14)22-23-19(12-4-2-1-3-5-12)24-25-20(29)13-10-16(26)18(28)17(27)11-13/h1-11,26-28H,(H,25,29)/b23-22?,24-19+. The minimum Gasteiger partial charge on any atom is -0.504 e. The summed E-state index contributed by atoms with van der Waals surface area (Å²) in [5, 5.41) is 40.3. The number of nitrogens with one attached hydrogen (secondary N) is 1. The highest BCUT2D eigenvalue weighted by molar-refractivity contribution is 6.01. The zero-order valence-corrected chi connectivity index (χ0v) is 14.8. The third kappa shape index (κ3) is 4.92. The predicted molar refractivity (Wildman–Crippen MR) is 103 cm³/mol. The van der Waals surface area contributed by atoms with Gasteiger partial charge in [-0.1, -0.05) is 30.3 Å². The molecule has 0 fully saturated rings. The Balaban J connectivity index is 1.87. The van der Waals surface area contributed by atoms with E-state index in [1.807, 2.05) is 0 Å². The van der Waals surface area contributed by atoms with Crippen molar-refractivity contribution in [2.75, 3.05) is 0 Å². The molecule has 0 saturated heterocycles. The van der Waals surface area contributed by atoms with Crippen molar-refractivity contribution < 1.29 is 24.5 Å². The van der Waals surface area contributed by atoms with Crippen LogP contribution in [0, 0.1) is 5.82 Å². The van der Waals surface area contributed by atoms with Gasteiger partial charge in [0, 0.05) is 11.1 Å². The minimum absolute atomic E-state index is 0.0653. The lowest BCUT2D eigenvalue weighted by molar-refractivity contribution is 0.0954. The molecule has 0 saturated carbocycles. The monoisotopic (exact) mass is 394 g/mol. The maximum absolute atomic E-state index is 13.0. The summed E-state index contributed by atoms with van der Waals surface area (Å²) in [6.45, 7) is 0. The summed E-state index contributed by atoms with van der Waals surface area (Å²) in [7, 11) is 0. The maximum atomic E-state index is 13.0. The molecule has 8 nitrogen and oxygen atoms in total. The van der Waals surface area contributed by atoms with Crippen LogP contribution in [-0.2, 0) is 0 Å². The van der Waals surface area contributed by atoms with Gasteiger partial charge >= 0.3 is 0 Å². The lowest BCUT2D eigenvalue weighted by Gasteiger charge is -2.05. The second-order valence-electron chi connectivity index (χ2n) is 5.78. The van der Waals surface area contributed by atoms with E-state index in [1.54, 1.807) is 30.3 Å². The van der Waals surface area contributed by atoms with Crippen LogP contribution < -0.4 is 5.43 Å². The molecule has 146 valence electrons. The highest BCUT2D eigenvalue weighted by atomic mass is 19.1. The Morgan fingerprint density at radius 2 is 1.48 bits per heavy atom. The average Bonchev–Trinajstić information content (AvgIpc) is 2.73. The number of nitrogens with zero attached hydrogens (tertiary/aromatic N) is 3. The number of phenols is 3. The van der Waals surface area contributed by atoms with Gasteiger partial charge in [0.2, 0.25) is 5.84 Å². The van der Waals surface area contributed by atoms with Crippen molar-refractivity contribution in [1.29, 1.82) is 0 Å². The first-order valence-electron chi connectivity index (χ1n) is 8.30. The molecule has 0 aliphatic heterocycles. The van der Waals surface area contributed by atoms with E-state index in [-0.39, 0.29) is 11.4 Å². The van der Waals surface area contributed by atoms with E-state index < -0.39 is 29.0 Å². The molecule has 3 rings (SSSR count). The first kappa shape index (κ1) is 19.5. The summed E-state index contributed by atoms with van der Waals surface area (Å²) in [5.74, 6) is -3.15. The summed E-state index contributed by atoms with van der Waals surface area (Å²) < 4.78 is 13.0. The number of amides is 1. The van der Waals surface area contributed by atoms with Crippen LogP contribution in [0.5, 0.6) is 17.2 Å². The molecule has 0 aromatic heterocycles. The number of hydrazone groups is 1. The fourth-order valence-electron chi connectivity index (χ4n) is 2.25. The molecule has 9 heteroatoms. The number of hydrogen-bond acceptors (Lipinski definition) is 6. The fraction of sp³-hybridized carbons (Fsp3) is 0. The highest BCUT2D eigenvalue weighted by Gasteiger charge is 2.13. The highest BCUT2D eigenvalue weighted by Crippen LogP contribution is 2.35. The zero-order chi connectivity index (χ0) is 20.8. The number of aromatic hydroxyl groups is 3. The van der Waals surface area contributed by atoms with Crippen LogP contribution in [0.1, 0.15) is 15.9 Å². The van der Waals surface area contributed by atoms with E-state index >= 15 is 0 Å². The van der Waals surface area contributed by atoms with Crippen molar-refractivity contribution in [2.24, 2.45) is 15.3 Å². The van der Waals surface area contributed by atoms with Gasteiger partial charge in [-0.3, -0.25) is 4.79 Å². The van der Waals surface area contributed by atoms with Crippen molar-refractivity contribution in [1.82, 2.24) is 5.43 Å². The second-order valence-corrected chi connectivity index (χ2v) is 5.78. The number of rotatable bonds is 4. The average molecular weight is 394 g/mol. The third-order valence-corrected chi connectivity index (χ3v) is 3.71. The van der Waals surface area contributed by atoms with Crippen LogP contribution in [0.25, 0.3) is 0 Å². The number of benzene rings is 3. The largest absolute Gasteiger partial charge is 0.504 e. The Kier molecular flexibility index (Phi) is 5.79. The summed E-state index contributed by atoms with van der Waals surface area (Å²) >= 11 is 0. The Morgan fingerprint density at radius 1 is 0.862 bits per heavy atom. The summed E-state index contributed by atoms with van der Waals surface area (Å²) in [6, 6.07) is 16.0. The Bertz CT molecular complexity index is 1060. The molecule has 3 aromatic carbocycles. The molecule has 0 radical (unpaired) electrons. The number of carbonyl (C=O) groups excluding carboxylic acids is 1. The first-order chi connectivity index (χ1) is 13.9. The van der Waals surface area contributed by atoms with Crippen LogP contribution in [-0.4, -0.2) is 27.1 Å². The lowest BCUT2D eigenvalue weighted by atomic mass is 10.2. The lowest BCUT2D eigenvalue weighted by Crippen LogP contribution is -2.19. The van der Waals surface area contributed by atoms with Gasteiger partial charge in [-0.15, -0.1) is 15.3 Å². The molecule has 0 aliphatic carbocycles. The van der Waals surface area contributed by atoms with Crippen LogP contribution in [0.2, 0.25) is 0 Å². The van der Waals surface area contributed by atoms with Gasteiger partial charge < -0.3 is 15.3 Å². The molecule has 0 spiro atoms. The molecule has 4 N–H and O–H groups in total. The Hall–Kier alpha value is -4.27. The predicted octanol–water partition coefficient (Wildman–Crippen LogP) is 3.82. The molecule has 0 bridgehead atoms. The van der Waals surface area contributed by atoms with E-state index in [0.29, 0.717) is 11.3 Å². The maximum Gasteiger partial charge on any atom is 0.271 e. The summed E-state index contributed by atoms with van der Waals surface area (Å²) in [5.41, 5.74) is 3.05. The van der Waals surface area contributed by atoms with Crippen molar-refractivity contribution >= 4 is 17.4 Å². The quantitative estimate of drug-likeness (QED) is 0.176. The molecule has 3 aromatic rings. The smallest absolute Gasteiger partial charge is 0.271 e. The SMILES string of the molecule is O=C(N/N=C(/N=Nc1ccc(F)cc1)c1ccccc1)c1cc(O)c(O)c(O)c1. The molecular formula is C20H15FN4O4. The van der Waals surface area contributed by atoms with Crippen LogP contribution in [0.4, 0.5) is 10.1 Å². The van der Waals surface area contributed by atoms with Gasteiger partial charge in [0.25, 0.3) is 5.91 Å². The number of hydrogen-bond donors (Lipinski definition) is 4. The summed E-state index contributed by atoms with van der Waals surface area (Å²) in [6.07, 6.45) is 0. The van der Waals surface area contributed by atoms with Crippen molar-refractivity contribution in [2.45, 2.75) is 0 Å². The Labute approximate surface area is 164 Å². The Morgan fingerprint density at radius 3 is 2.10 bits per heavy atom. The van der Waals surface area contributed by atoms with Crippen molar-refractivity contribution in [3.05, 3.63) is 83.7 Å². The van der Waals surface area contributed by atoms with Gasteiger partial charge in [-0.2, -0.15) is 0 Å². The van der Waals surface area contributed by atoms with Gasteiger partial charge in [0.15, 0.2) is 17.2 Å². The number of carbonyl (C=O) groups is 1. The normalized spacial score (nSPS) is 11.6. The van der Waals surface area contributed by atoms with Crippen LogP contribution in [0.3, 0.4) is 0 Å². The zero-order valence-electron chi connectivity index (χ0n) is 14.8. The van der Waals surface area contributed by atoms with Gasteiger partial charge in [0.05, 0.1) is 5.69 Å². The van der Waals surface area contributed by atoms with Crippen LogP contribution in [0.15, 0.2) is 82.1 Å². The van der Waals surface area contributed by atoms with Crippen molar-refractivity contribution in [3.8, 4) is 17.2 Å². The molecular weight excluding hydrogens is 379 g/mol. The topological polar surface area (TPSA) is 127 Å². The minimum atomic E-state index is -0.763. The van der Waals surface area contributed by atoms with Gasteiger partial charge in [-0.25, -0.2) is 9.82 Å². The van der Waals surface area contributed by atoms with E-state index in [4.69, 9.17) is 0 Å². The number of halogens is 1. The summed E-state index contributed by atoms with van der Waals surface area (Å²) in [4.78, 5) is 12.3. The molecule has 29 heavy (non-hydrogen) atoms. The number of azo groups is 1. The third-order valence-electron chi connectivity index (χ3n) is 3.71.